The molecule has 21 rings (SSSR count). The number of allylic oxidation sites excluding steroid dienone is 3. The maximum absolute atomic E-state index is 14.5. The highest BCUT2D eigenvalue weighted by Crippen LogP contribution is 2.73. The molecule has 3 N–H and O–H groups in total. The Hall–Kier alpha value is -9.34. The Bertz CT molecular complexity index is 5940. The third-order valence-corrected chi connectivity index (χ3v) is 38.3. The Labute approximate surface area is 793 Å². The van der Waals surface area contributed by atoms with Gasteiger partial charge in [-0.2, -0.15) is 0 Å². The Morgan fingerprint density at radius 3 is 1.27 bits per heavy atom. The monoisotopic (exact) mass is 1880 g/mol. The number of carbonyl (C=O) groups is 9. The van der Waals surface area contributed by atoms with Crippen molar-refractivity contribution < 1.29 is 85.9 Å². The van der Waals surface area contributed by atoms with Crippen LogP contribution in [0.15, 0.2) is 201 Å². The third-order valence-electron chi connectivity index (χ3n) is 34.9. The van der Waals surface area contributed by atoms with Crippen LogP contribution in [-0.2, 0) is 60.2 Å². The van der Waals surface area contributed by atoms with E-state index in [4.69, 9.17) is 49.0 Å². The SMILES string of the molecule is CC12CCC(=O)C=C1CCC1C2[C@@H](O)CC2(C)C1CC[C@]2(OC(=O)c1ccco1)C(=O)SCc1ccc(-c2ccccn2)cc1.CC12CCC(=O)C=C1CCC1C2[C@@H](O)CC2(C)C1CC[C@]2(OC(=O)c1ccco1)C(=O)SCc1ccc2ccc(Cl)cc2n1.CC12CCC(=O)C=C1CCC1C2[C@@H](O)CC2(C)C1CC[C@]2(OC(=O)c1ccco1)C(=O)SCc1cccc(N2CCCC2)n1. The van der Waals surface area contributed by atoms with Crippen molar-refractivity contribution in [3.8, 4) is 11.3 Å². The zero-order valence-electron chi connectivity index (χ0n) is 76.2. The lowest BCUT2D eigenvalue weighted by Crippen LogP contribution is -2.62. The molecule has 1 saturated heterocycles. The molecule has 13 aliphatic rings. The summed E-state index contributed by atoms with van der Waals surface area (Å²) in [6.07, 6.45) is 24.9. The van der Waals surface area contributed by atoms with E-state index < -0.39 is 69.3 Å². The van der Waals surface area contributed by atoms with E-state index in [2.05, 4.69) is 44.5 Å². The Morgan fingerprint density at radius 1 is 0.451 bits per heavy atom. The molecule has 8 aromatic rings. The third kappa shape index (κ3) is 16.2. The number of hydrogen-bond donors (Lipinski definition) is 3. The minimum Gasteiger partial charge on any atom is -0.457 e. The molecule has 698 valence electrons. The van der Waals surface area contributed by atoms with Crippen molar-refractivity contribution >= 4 is 114 Å². The number of nitrogens with zero attached hydrogens (tertiary/aromatic N) is 4. The summed E-state index contributed by atoms with van der Waals surface area (Å²) in [5, 5.41) is 36.8. The Kier molecular flexibility index (Phi) is 25.3. The van der Waals surface area contributed by atoms with Gasteiger partial charge in [-0.25, -0.2) is 19.4 Å². The van der Waals surface area contributed by atoms with Crippen molar-refractivity contribution in [2.24, 2.45) is 85.8 Å². The van der Waals surface area contributed by atoms with Crippen molar-refractivity contribution in [2.75, 3.05) is 18.0 Å². The van der Waals surface area contributed by atoms with E-state index in [0.717, 1.165) is 176 Å². The molecule has 7 heterocycles. The number of aliphatic hydroxyl groups excluding tert-OH is 3. The van der Waals surface area contributed by atoms with E-state index in [1.54, 1.807) is 48.7 Å². The summed E-state index contributed by atoms with van der Waals surface area (Å²) in [5.41, 5.74) is 1.33. The maximum Gasteiger partial charge on any atom is 0.375 e. The number of fused-ring (bicyclic) bond motifs is 16. The molecule has 0 spiro atoms. The van der Waals surface area contributed by atoms with Crippen LogP contribution in [0.1, 0.15) is 238 Å². The zero-order valence-corrected chi connectivity index (χ0v) is 79.5. The van der Waals surface area contributed by atoms with Gasteiger partial charge in [0.2, 0.25) is 32.6 Å². The minimum absolute atomic E-state index is 0.000578. The van der Waals surface area contributed by atoms with Crippen LogP contribution in [0.4, 0.5) is 5.82 Å². The number of thioether (sulfide) groups is 3. The molecule has 1 aliphatic heterocycles. The molecule has 133 heavy (non-hydrogen) atoms. The normalized spacial score (nSPS) is 34.9. The second kappa shape index (κ2) is 36.3. The number of aromatic nitrogens is 3. The summed E-state index contributed by atoms with van der Waals surface area (Å²) in [4.78, 5) is 137. The fraction of sp³-hybridized carbons (Fsp3) is 0.514. The topological polar surface area (TPSA) is 323 Å². The van der Waals surface area contributed by atoms with Gasteiger partial charge in [-0.3, -0.25) is 38.7 Å². The van der Waals surface area contributed by atoms with Crippen LogP contribution in [0.5, 0.6) is 0 Å². The molecule has 15 unspecified atom stereocenters. The number of hydrogen-bond acceptors (Lipinski definition) is 25. The van der Waals surface area contributed by atoms with Crippen molar-refractivity contribution in [1.29, 1.82) is 0 Å². The van der Waals surface area contributed by atoms with Crippen molar-refractivity contribution in [1.82, 2.24) is 15.0 Å². The number of anilines is 1. The van der Waals surface area contributed by atoms with Crippen LogP contribution in [-0.4, -0.2) is 129 Å². The van der Waals surface area contributed by atoms with Crippen LogP contribution in [0.25, 0.3) is 22.2 Å². The molecule has 22 nitrogen and oxygen atoms in total. The molecule has 21 atom stereocenters. The van der Waals surface area contributed by atoms with E-state index in [1.165, 1.54) is 36.1 Å². The second-order valence-corrected chi connectivity index (χ2v) is 44.7. The van der Waals surface area contributed by atoms with Crippen LogP contribution >= 0.6 is 46.9 Å². The van der Waals surface area contributed by atoms with Crippen molar-refractivity contribution in [2.45, 2.75) is 242 Å². The first-order chi connectivity index (χ1) is 63.8. The van der Waals surface area contributed by atoms with Crippen molar-refractivity contribution in [3.05, 3.63) is 227 Å². The lowest BCUT2D eigenvalue weighted by molar-refractivity contribution is -0.176. The Morgan fingerprint density at radius 2 is 0.865 bits per heavy atom. The number of esters is 3. The number of benzene rings is 2. The largest absolute Gasteiger partial charge is 0.457 e. The van der Waals surface area contributed by atoms with E-state index in [9.17, 15) is 58.5 Å². The van der Waals surface area contributed by atoms with Crippen LogP contribution < -0.4 is 4.90 Å². The number of pyridine rings is 3. The highest BCUT2D eigenvalue weighted by atomic mass is 35.5. The summed E-state index contributed by atoms with van der Waals surface area (Å²) in [7, 11) is 0. The summed E-state index contributed by atoms with van der Waals surface area (Å²) in [5.74, 6) is 1.48. The van der Waals surface area contributed by atoms with Gasteiger partial charge < -0.3 is 47.7 Å². The molecule has 12 aliphatic carbocycles. The average Bonchev–Trinajstić information content (AvgIpc) is 1.57. The van der Waals surface area contributed by atoms with Gasteiger partial charge >= 0.3 is 17.9 Å². The summed E-state index contributed by atoms with van der Waals surface area (Å²) in [6, 6.07) is 38.7. The van der Waals surface area contributed by atoms with Crippen LogP contribution in [0.2, 0.25) is 5.02 Å². The maximum atomic E-state index is 14.5. The first-order valence-electron chi connectivity index (χ1n) is 47.7. The molecular formula is C107H117ClN4O18S3. The standard InChI is InChI=1S/C37H39NO6S.C35H36ClNO6S.C35H42N2O6S/c1-35-16-14-26(39)20-25(35)12-13-27-28-15-17-37(36(28,2)21-30(40)32(27)35,44-33(41)31-7-5-19-43-31)34(42)45-22-23-8-10-24(11-9-23)29-6-3-4-18-38-29;1-33-13-11-24(38)16-21(33)7-10-25-26-12-14-35(34(26,2)18-28(39)30(25)33,43-31(40)29-4-3-15-42-29)32(41)44-19-23-9-6-20-5-8-22(36)17-27(20)37-23;1-33-14-12-24(38)19-22(33)10-11-25-26-13-15-35(34(26,2)20-27(39)30(25)33,43-31(40)28-8-6-18-42-28)32(41)44-21-23-7-5-9-29(36-23)37-16-3-4-17-37/h3-11,18-20,27-28,30,32,40H,12-17,21-22H2,1-2H3;3-6,8-9,15-17,25-26,28,30,39H,7,10-14,18-19H2,1-2H3;5-9,18-19,25-27,30,39H,3-4,10-17,20-21H2,1-2H3/t27?,28?,30-,32?,35?,36?,37-;25?,26?,28-,30?,33?,34?,35-;25?,26?,27-,30?,33?,34?,35-/m000/s1. The molecule has 0 amide bonds. The Balaban J connectivity index is 0.000000129. The highest BCUT2D eigenvalue weighted by molar-refractivity contribution is 8.13. The predicted molar refractivity (Wildman–Crippen MR) is 506 cm³/mol. The predicted octanol–water partition coefficient (Wildman–Crippen LogP) is 20.7. The van der Waals surface area contributed by atoms with Crippen LogP contribution in [0.3, 0.4) is 0 Å². The van der Waals surface area contributed by atoms with E-state index in [0.29, 0.717) is 86.5 Å². The zero-order chi connectivity index (χ0) is 92.9. The van der Waals surface area contributed by atoms with Gasteiger partial charge in [-0.15, -0.1) is 0 Å². The number of furan rings is 3. The first-order valence-corrected chi connectivity index (χ1v) is 51.0. The number of carbonyl (C=O) groups excluding carboxylic acids is 9. The van der Waals surface area contributed by atoms with Gasteiger partial charge in [0.1, 0.15) is 5.82 Å². The highest BCUT2D eigenvalue weighted by Gasteiger charge is 2.75. The molecule has 6 aromatic heterocycles. The smallest absolute Gasteiger partial charge is 0.375 e. The van der Waals surface area contributed by atoms with Gasteiger partial charge in [0.25, 0.3) is 0 Å². The molecule has 2 aromatic carbocycles. The number of aliphatic hydroxyl groups is 3. The van der Waals surface area contributed by atoms with Crippen LogP contribution in [0, 0.1) is 85.8 Å². The molecular weight excluding hydrogens is 1760 g/mol. The second-order valence-electron chi connectivity index (χ2n) is 41.4. The summed E-state index contributed by atoms with van der Waals surface area (Å²) < 4.78 is 35.1. The fourth-order valence-electron chi connectivity index (χ4n) is 28.4. The summed E-state index contributed by atoms with van der Waals surface area (Å²) >= 11 is 9.64. The number of ketones is 3. The lowest BCUT2D eigenvalue weighted by Gasteiger charge is -2.60. The van der Waals surface area contributed by atoms with Gasteiger partial charge in [-0.05, 0) is 301 Å². The van der Waals surface area contributed by atoms with Gasteiger partial charge in [0.05, 0.1) is 59.7 Å². The molecule has 26 heteroatoms. The first kappa shape index (κ1) is 92.7. The van der Waals surface area contributed by atoms with Gasteiger partial charge in [-0.1, -0.05) is 154 Å². The molecule has 0 radical (unpaired) electrons. The van der Waals surface area contributed by atoms with E-state index in [-0.39, 0.29) is 119 Å². The molecule has 0 bridgehead atoms. The van der Waals surface area contributed by atoms with Gasteiger partial charge in [0, 0.05) is 88.0 Å². The quantitative estimate of drug-likeness (QED) is 0.0563. The van der Waals surface area contributed by atoms with Crippen molar-refractivity contribution in [3.63, 3.8) is 0 Å². The molecule has 10 fully saturated rings. The molecule has 9 saturated carbocycles. The average molecular weight is 1880 g/mol. The lowest BCUT2D eigenvalue weighted by atomic mass is 9.45. The minimum atomic E-state index is -1.45. The summed E-state index contributed by atoms with van der Waals surface area (Å²) in [6.45, 7) is 14.8. The number of halogens is 1. The fourth-order valence-corrected chi connectivity index (χ4v) is 31.8. The van der Waals surface area contributed by atoms with Gasteiger partial charge in [0.15, 0.2) is 34.2 Å². The van der Waals surface area contributed by atoms with E-state index in [1.807, 2.05) is 110 Å². The number of rotatable bonds is 17. The number of ether oxygens (including phenoxy) is 3. The van der Waals surface area contributed by atoms with E-state index >= 15 is 0 Å².